The lowest BCUT2D eigenvalue weighted by Crippen LogP contribution is -2.27. The average molecular weight is 396 g/mol. The largest absolute Gasteiger partial charge is 0.506 e. The molecule has 122 valence electrons. The van der Waals surface area contributed by atoms with Crippen LogP contribution in [0.5, 0.6) is 5.75 Å². The lowest BCUT2D eigenvalue weighted by atomic mass is 10.1. The van der Waals surface area contributed by atoms with E-state index in [0.717, 1.165) is 5.56 Å². The monoisotopic (exact) mass is 395 g/mol. The number of hydrogen-bond acceptors (Lipinski definition) is 4. The van der Waals surface area contributed by atoms with Gasteiger partial charge in [0.05, 0.1) is 15.6 Å². The fraction of sp³-hybridized carbons (Fsp3) is 0.0588. The molecule has 1 amide bonds. The molecule has 1 aliphatic heterocycles. The van der Waals surface area contributed by atoms with Crippen LogP contribution in [-0.4, -0.2) is 15.3 Å². The smallest absolute Gasteiger partial charge is 0.270 e. The van der Waals surface area contributed by atoms with Gasteiger partial charge in [0.1, 0.15) is 5.75 Å². The summed E-state index contributed by atoms with van der Waals surface area (Å²) in [7, 11) is 0. The molecule has 0 radical (unpaired) electrons. The Kier molecular flexibility index (Phi) is 4.88. The number of anilines is 1. The summed E-state index contributed by atoms with van der Waals surface area (Å²) in [5.41, 5.74) is 2.18. The molecular formula is C17H11Cl2NO2S2. The molecule has 0 saturated carbocycles. The van der Waals surface area contributed by atoms with Crippen molar-refractivity contribution in [2.24, 2.45) is 0 Å². The van der Waals surface area contributed by atoms with Gasteiger partial charge in [0.2, 0.25) is 0 Å². The minimum Gasteiger partial charge on any atom is -0.506 e. The summed E-state index contributed by atoms with van der Waals surface area (Å²) in [6.45, 7) is 1.97. The van der Waals surface area contributed by atoms with Gasteiger partial charge in [0, 0.05) is 10.6 Å². The van der Waals surface area contributed by atoms with Crippen molar-refractivity contribution < 1.29 is 9.90 Å². The molecule has 0 aromatic heterocycles. The second-order valence-corrected chi connectivity index (χ2v) is 7.70. The number of carbonyl (C=O) groups excluding carboxylic acids is 1. The highest BCUT2D eigenvalue weighted by Crippen LogP contribution is 2.39. The van der Waals surface area contributed by atoms with E-state index in [0.29, 0.717) is 25.5 Å². The van der Waals surface area contributed by atoms with Gasteiger partial charge in [-0.25, -0.2) is 0 Å². The van der Waals surface area contributed by atoms with Crippen molar-refractivity contribution in [2.45, 2.75) is 6.92 Å². The van der Waals surface area contributed by atoms with E-state index < -0.39 is 0 Å². The van der Waals surface area contributed by atoms with Crippen LogP contribution in [0.1, 0.15) is 11.1 Å². The van der Waals surface area contributed by atoms with E-state index in [2.05, 4.69) is 0 Å². The first-order valence-corrected chi connectivity index (χ1v) is 8.87. The fourth-order valence-electron chi connectivity index (χ4n) is 2.22. The fourth-order valence-corrected chi connectivity index (χ4v) is 4.02. The van der Waals surface area contributed by atoms with Crippen LogP contribution in [0.2, 0.25) is 10.0 Å². The maximum absolute atomic E-state index is 12.7. The van der Waals surface area contributed by atoms with Crippen LogP contribution >= 0.6 is 47.2 Å². The third-order valence-corrected chi connectivity index (χ3v) is 5.24. The van der Waals surface area contributed by atoms with Gasteiger partial charge in [-0.1, -0.05) is 64.9 Å². The van der Waals surface area contributed by atoms with Crippen molar-refractivity contribution in [3.05, 3.63) is 62.5 Å². The molecule has 2 aromatic carbocycles. The molecule has 0 bridgehead atoms. The molecule has 1 saturated heterocycles. The second kappa shape index (κ2) is 6.76. The van der Waals surface area contributed by atoms with Gasteiger partial charge in [-0.2, -0.15) is 0 Å². The summed E-state index contributed by atoms with van der Waals surface area (Å²) >= 11 is 18.4. The minimum atomic E-state index is -0.246. The predicted octanol–water partition coefficient (Wildman–Crippen LogP) is 5.41. The number of rotatable bonds is 2. The van der Waals surface area contributed by atoms with Crippen molar-refractivity contribution in [3.8, 4) is 5.75 Å². The second-order valence-electron chi connectivity index (χ2n) is 5.18. The van der Waals surface area contributed by atoms with Crippen molar-refractivity contribution in [1.29, 1.82) is 0 Å². The SMILES string of the molecule is Cc1ccc(N2C(=O)/C(=C/c3cc(Cl)cc(Cl)c3O)SC2=S)cc1. The molecule has 0 aliphatic carbocycles. The summed E-state index contributed by atoms with van der Waals surface area (Å²) < 4.78 is 0.433. The van der Waals surface area contributed by atoms with E-state index in [1.54, 1.807) is 12.1 Å². The molecule has 24 heavy (non-hydrogen) atoms. The average Bonchev–Trinajstić information content (AvgIpc) is 2.80. The van der Waals surface area contributed by atoms with Gasteiger partial charge < -0.3 is 5.11 Å². The van der Waals surface area contributed by atoms with E-state index in [1.165, 1.54) is 22.7 Å². The van der Waals surface area contributed by atoms with Crippen LogP contribution in [0, 0.1) is 6.92 Å². The Bertz CT molecular complexity index is 879. The highest BCUT2D eigenvalue weighted by Gasteiger charge is 2.33. The number of hydrogen-bond donors (Lipinski definition) is 1. The molecule has 1 fully saturated rings. The Balaban J connectivity index is 1.98. The maximum atomic E-state index is 12.7. The Hall–Kier alpha value is -1.53. The van der Waals surface area contributed by atoms with Crippen molar-refractivity contribution in [1.82, 2.24) is 0 Å². The zero-order valence-electron chi connectivity index (χ0n) is 12.4. The van der Waals surface area contributed by atoms with Gasteiger partial charge in [0.25, 0.3) is 5.91 Å². The summed E-state index contributed by atoms with van der Waals surface area (Å²) in [6, 6.07) is 10.5. The lowest BCUT2D eigenvalue weighted by molar-refractivity contribution is -0.113. The van der Waals surface area contributed by atoms with Gasteiger partial charge in [0.15, 0.2) is 4.32 Å². The van der Waals surface area contributed by atoms with Crippen LogP contribution < -0.4 is 4.90 Å². The molecule has 1 aliphatic rings. The molecular weight excluding hydrogens is 385 g/mol. The predicted molar refractivity (Wildman–Crippen MR) is 105 cm³/mol. The zero-order valence-corrected chi connectivity index (χ0v) is 15.6. The summed E-state index contributed by atoms with van der Waals surface area (Å²) in [6.07, 6.45) is 1.54. The van der Waals surface area contributed by atoms with Crippen LogP contribution in [0.25, 0.3) is 6.08 Å². The Morgan fingerprint density at radius 2 is 1.88 bits per heavy atom. The summed E-state index contributed by atoms with van der Waals surface area (Å²) in [4.78, 5) is 14.6. The Morgan fingerprint density at radius 3 is 2.54 bits per heavy atom. The van der Waals surface area contributed by atoms with Crippen LogP contribution in [-0.2, 0) is 4.79 Å². The number of aromatic hydroxyl groups is 1. The first-order chi connectivity index (χ1) is 11.4. The van der Waals surface area contributed by atoms with Crippen LogP contribution in [0.15, 0.2) is 41.3 Å². The van der Waals surface area contributed by atoms with E-state index in [1.807, 2.05) is 31.2 Å². The normalized spacial score (nSPS) is 16.3. The number of carbonyl (C=O) groups is 1. The first-order valence-electron chi connectivity index (χ1n) is 6.89. The third-order valence-electron chi connectivity index (χ3n) is 3.43. The number of halogens is 2. The van der Waals surface area contributed by atoms with Crippen molar-refractivity contribution >= 4 is 69.2 Å². The number of nitrogens with zero attached hydrogens (tertiary/aromatic N) is 1. The first kappa shape index (κ1) is 17.3. The topological polar surface area (TPSA) is 40.5 Å². The molecule has 3 nitrogen and oxygen atoms in total. The molecule has 1 heterocycles. The molecule has 3 rings (SSSR count). The quantitative estimate of drug-likeness (QED) is 0.544. The number of benzene rings is 2. The van der Waals surface area contributed by atoms with Gasteiger partial charge in [-0.3, -0.25) is 9.69 Å². The standard InChI is InChI=1S/C17H11Cl2NO2S2/c1-9-2-4-12(5-3-9)20-16(22)14(24-17(20)23)7-10-6-11(18)8-13(19)15(10)21/h2-8,21H,1H3/b14-7-. The van der Waals surface area contributed by atoms with Gasteiger partial charge >= 0.3 is 0 Å². The molecule has 0 atom stereocenters. The molecule has 1 N–H and O–H groups in total. The maximum Gasteiger partial charge on any atom is 0.270 e. The lowest BCUT2D eigenvalue weighted by Gasteiger charge is -2.14. The number of phenolic OH excluding ortho intramolecular Hbond substituents is 1. The van der Waals surface area contributed by atoms with Crippen molar-refractivity contribution in [2.75, 3.05) is 4.90 Å². The molecule has 2 aromatic rings. The van der Waals surface area contributed by atoms with Crippen molar-refractivity contribution in [3.63, 3.8) is 0 Å². The van der Waals surface area contributed by atoms with Gasteiger partial charge in [-0.15, -0.1) is 0 Å². The zero-order chi connectivity index (χ0) is 17.4. The highest BCUT2D eigenvalue weighted by molar-refractivity contribution is 8.27. The number of aryl methyl sites for hydroxylation is 1. The van der Waals surface area contributed by atoms with Gasteiger partial charge in [-0.05, 0) is 37.3 Å². The van der Waals surface area contributed by atoms with E-state index in [9.17, 15) is 9.90 Å². The molecule has 0 spiro atoms. The van der Waals surface area contributed by atoms with E-state index in [4.69, 9.17) is 35.4 Å². The Labute approximate surface area is 158 Å². The molecule has 7 heteroatoms. The number of thioether (sulfide) groups is 1. The number of phenols is 1. The highest BCUT2D eigenvalue weighted by atomic mass is 35.5. The number of thiocarbonyl (C=S) groups is 1. The summed E-state index contributed by atoms with van der Waals surface area (Å²) in [5.74, 6) is -0.369. The van der Waals surface area contributed by atoms with E-state index >= 15 is 0 Å². The van der Waals surface area contributed by atoms with Crippen LogP contribution in [0.3, 0.4) is 0 Å². The minimum absolute atomic E-state index is 0.123. The third kappa shape index (κ3) is 3.30. The number of amides is 1. The van der Waals surface area contributed by atoms with Crippen LogP contribution in [0.4, 0.5) is 5.69 Å². The summed E-state index contributed by atoms with van der Waals surface area (Å²) in [5, 5.41) is 10.5. The van der Waals surface area contributed by atoms with E-state index in [-0.39, 0.29) is 16.7 Å². The Morgan fingerprint density at radius 1 is 1.21 bits per heavy atom. The molecule has 0 unspecified atom stereocenters.